The van der Waals surface area contributed by atoms with Crippen molar-refractivity contribution in [3.8, 4) is 0 Å². The number of aliphatic imine (C=N–C) groups is 1. The number of hydrogen-bond donors (Lipinski definition) is 2. The lowest BCUT2D eigenvalue weighted by Crippen LogP contribution is -2.44. The van der Waals surface area contributed by atoms with Crippen molar-refractivity contribution in [3.05, 3.63) is 55.7 Å². The summed E-state index contributed by atoms with van der Waals surface area (Å²) >= 11 is 1.67. The quantitative estimate of drug-likeness (QED) is 0.269. The second-order valence-electron chi connectivity index (χ2n) is 9.18. The van der Waals surface area contributed by atoms with E-state index in [-0.39, 0.29) is 18.2 Å². The van der Waals surface area contributed by atoms with Crippen molar-refractivity contribution >= 4 is 29.0 Å². The third-order valence-corrected chi connectivity index (χ3v) is 8.23. The van der Waals surface area contributed by atoms with Crippen LogP contribution in [0.15, 0.2) is 33.2 Å². The Hall–Kier alpha value is -2.92. The molecule has 1 fully saturated rings. The Morgan fingerprint density at radius 3 is 2.62 bits per heavy atom. The average Bonchev–Trinajstić information content (AvgIpc) is 3.19. The Kier molecular flexibility index (Phi) is 8.67. The topological polar surface area (TPSA) is 78.2 Å². The van der Waals surface area contributed by atoms with Crippen molar-refractivity contribution in [2.45, 2.75) is 59.3 Å². The number of ketones is 1. The smallest absolute Gasteiger partial charge is 0.264 e. The van der Waals surface area contributed by atoms with Gasteiger partial charge in [-0.15, -0.1) is 11.3 Å². The number of carbonyl (C=O) groups is 2. The molecule has 1 aromatic rings. The van der Waals surface area contributed by atoms with Gasteiger partial charge in [0.2, 0.25) is 0 Å². The Morgan fingerprint density at radius 2 is 2.03 bits per heavy atom. The number of allylic oxidation sites excluding steroid dienone is 3. The third kappa shape index (κ3) is 5.58. The second kappa shape index (κ2) is 11.5. The first-order valence-electron chi connectivity index (χ1n) is 11.9. The number of rotatable bonds is 6. The molecule has 7 nitrogen and oxygen atoms in total. The minimum atomic E-state index is -0.113. The highest BCUT2D eigenvalue weighted by Crippen LogP contribution is 2.40. The van der Waals surface area contributed by atoms with Crippen molar-refractivity contribution in [2.24, 2.45) is 10.9 Å². The molecule has 1 aliphatic carbocycles. The molecule has 0 radical (unpaired) electrons. The summed E-state index contributed by atoms with van der Waals surface area (Å²) in [6.45, 7) is 17.2. The van der Waals surface area contributed by atoms with Crippen LogP contribution in [0.1, 0.15) is 73.2 Å². The zero-order chi connectivity index (χ0) is 24.8. The first-order valence-corrected chi connectivity index (χ1v) is 12.8. The van der Waals surface area contributed by atoms with E-state index in [1.807, 2.05) is 32.2 Å². The molecule has 1 atom stereocenters. The lowest BCUT2D eigenvalue weighted by Gasteiger charge is -2.36. The number of amides is 1. The highest BCUT2D eigenvalue weighted by molar-refractivity contribution is 7.10. The Labute approximate surface area is 206 Å². The van der Waals surface area contributed by atoms with Crippen molar-refractivity contribution in [1.29, 1.82) is 0 Å². The van der Waals surface area contributed by atoms with Gasteiger partial charge in [-0.05, 0) is 63.0 Å². The van der Waals surface area contributed by atoms with Gasteiger partial charge in [-0.3, -0.25) is 14.6 Å². The molecular weight excluding hydrogens is 446 g/mol. The van der Waals surface area contributed by atoms with Crippen LogP contribution in [0.5, 0.6) is 0 Å². The van der Waals surface area contributed by atoms with E-state index in [9.17, 15) is 9.59 Å². The number of piperidine rings is 1. The van der Waals surface area contributed by atoms with E-state index >= 15 is 0 Å². The van der Waals surface area contributed by atoms with Crippen molar-refractivity contribution in [2.75, 3.05) is 26.7 Å². The second-order valence-corrected chi connectivity index (χ2v) is 10.1. The summed E-state index contributed by atoms with van der Waals surface area (Å²) in [7, 11) is 1.70. The van der Waals surface area contributed by atoms with Crippen LogP contribution in [0.4, 0.5) is 0 Å². The highest BCUT2D eigenvalue weighted by atomic mass is 32.1. The summed E-state index contributed by atoms with van der Waals surface area (Å²) in [6.07, 6.45) is 5.53. The van der Waals surface area contributed by atoms with Crippen molar-refractivity contribution < 1.29 is 9.59 Å². The molecule has 1 aromatic heterocycles. The molecule has 1 unspecified atom stereocenters. The lowest BCUT2D eigenvalue weighted by atomic mass is 9.80. The number of carbonyl (C=O) groups excluding carboxylic acids is 2. The van der Waals surface area contributed by atoms with Gasteiger partial charge in [-0.1, -0.05) is 24.0 Å². The summed E-state index contributed by atoms with van der Waals surface area (Å²) in [4.78, 5) is 36.3. The highest BCUT2D eigenvalue weighted by Gasteiger charge is 2.31. The van der Waals surface area contributed by atoms with Crippen LogP contribution >= 0.6 is 11.3 Å². The van der Waals surface area contributed by atoms with Crippen LogP contribution in [-0.4, -0.2) is 49.2 Å². The SMILES string of the molecule is [C-]#[N+]NC(=NC)N1CCC(C(CC)c2scc(C(=O)NCC3=C(C)C=C(C)CC3=O)c2C)CC1. The van der Waals surface area contributed by atoms with Crippen LogP contribution in [0.25, 0.3) is 4.95 Å². The fourth-order valence-corrected chi connectivity index (χ4v) is 6.52. The molecule has 0 spiro atoms. The molecule has 2 N–H and O–H groups in total. The van der Waals surface area contributed by atoms with Crippen LogP contribution in [-0.2, 0) is 4.79 Å². The standard InChI is InChI=1S/C26H35N5O2S/c1-7-20(19-8-10-31(11-9-19)26(27-5)30-28-6)24-18(4)22(15-34-24)25(33)29-14-21-17(3)12-16(2)13-23(21)32/h12,15,19-20H,7-11,13-14H2,1-5H3,(H,27,30)(H,29,33). The monoisotopic (exact) mass is 481 g/mol. The van der Waals surface area contributed by atoms with Crippen LogP contribution < -0.4 is 10.7 Å². The summed E-state index contributed by atoms with van der Waals surface area (Å²) in [6, 6.07) is 0. The van der Waals surface area contributed by atoms with E-state index in [2.05, 4.69) is 32.5 Å². The molecule has 34 heavy (non-hydrogen) atoms. The van der Waals surface area contributed by atoms with E-state index < -0.39 is 0 Å². The number of Topliss-reactive ketones (excluding diaryl/α,β-unsaturated/α-hetero) is 1. The van der Waals surface area contributed by atoms with E-state index in [0.29, 0.717) is 35.4 Å². The van der Waals surface area contributed by atoms with Gasteiger partial charge in [0.05, 0.1) is 5.56 Å². The Balaban J connectivity index is 1.67. The first-order chi connectivity index (χ1) is 16.3. The molecule has 8 heteroatoms. The number of thiophene rings is 1. The third-order valence-electron chi connectivity index (χ3n) is 7.02. The van der Waals surface area contributed by atoms with Gasteiger partial charge in [0, 0.05) is 48.9 Å². The van der Waals surface area contributed by atoms with Crippen LogP contribution in [0, 0.1) is 19.4 Å². The molecule has 0 bridgehead atoms. The Morgan fingerprint density at radius 1 is 1.32 bits per heavy atom. The maximum atomic E-state index is 13.0. The predicted molar refractivity (Wildman–Crippen MR) is 138 cm³/mol. The van der Waals surface area contributed by atoms with Gasteiger partial charge in [0.25, 0.3) is 11.9 Å². The van der Waals surface area contributed by atoms with E-state index in [0.717, 1.165) is 49.1 Å². The number of guanidine groups is 1. The fourth-order valence-electron chi connectivity index (χ4n) is 5.17. The van der Waals surface area contributed by atoms with Gasteiger partial charge in [-0.2, -0.15) is 11.5 Å². The van der Waals surface area contributed by atoms with Crippen LogP contribution in [0.2, 0.25) is 0 Å². The summed E-state index contributed by atoms with van der Waals surface area (Å²) < 4.78 is 0. The van der Waals surface area contributed by atoms with Crippen molar-refractivity contribution in [3.63, 3.8) is 0 Å². The molecule has 1 saturated heterocycles. The summed E-state index contributed by atoms with van der Waals surface area (Å²) in [5.74, 6) is 1.56. The lowest BCUT2D eigenvalue weighted by molar-refractivity contribution is -0.115. The average molecular weight is 482 g/mol. The van der Waals surface area contributed by atoms with Gasteiger partial charge in [0.1, 0.15) is 0 Å². The number of nitrogens with zero attached hydrogens (tertiary/aromatic N) is 3. The molecule has 3 rings (SSSR count). The summed E-state index contributed by atoms with van der Waals surface area (Å²) in [5.41, 5.74) is 7.13. The van der Waals surface area contributed by atoms with E-state index in [1.54, 1.807) is 18.4 Å². The molecule has 182 valence electrons. The molecule has 2 heterocycles. The molecular formula is C26H35N5O2S. The maximum absolute atomic E-state index is 13.0. The maximum Gasteiger partial charge on any atom is 0.264 e. The molecule has 2 aliphatic rings. The fraction of sp³-hybridized carbons (Fsp3) is 0.538. The summed E-state index contributed by atoms with van der Waals surface area (Å²) in [5, 5.41) is 4.95. The predicted octanol–water partition coefficient (Wildman–Crippen LogP) is 4.64. The normalized spacial score (nSPS) is 18.5. The number of likely N-dealkylation sites (tertiary alicyclic amines) is 1. The number of nitrogens with one attached hydrogen (secondary N) is 2. The minimum absolute atomic E-state index is 0.0980. The van der Waals surface area contributed by atoms with Crippen molar-refractivity contribution in [1.82, 2.24) is 15.6 Å². The van der Waals surface area contributed by atoms with Gasteiger partial charge >= 0.3 is 0 Å². The van der Waals surface area contributed by atoms with Crippen LogP contribution in [0.3, 0.4) is 0 Å². The van der Waals surface area contributed by atoms with E-state index in [4.69, 9.17) is 6.57 Å². The molecule has 0 aromatic carbocycles. The molecule has 1 aliphatic heterocycles. The molecule has 1 amide bonds. The van der Waals surface area contributed by atoms with Gasteiger partial charge in [0.15, 0.2) is 5.78 Å². The number of hydrogen-bond acceptors (Lipinski definition) is 4. The van der Waals surface area contributed by atoms with Gasteiger partial charge < -0.3 is 10.2 Å². The zero-order valence-electron chi connectivity index (χ0n) is 20.8. The van der Waals surface area contributed by atoms with E-state index in [1.165, 1.54) is 4.88 Å². The zero-order valence-corrected chi connectivity index (χ0v) is 21.6. The minimum Gasteiger partial charge on any atom is -0.348 e. The molecule has 0 saturated carbocycles. The van der Waals surface area contributed by atoms with Gasteiger partial charge in [-0.25, -0.2) is 0 Å². The Bertz CT molecular complexity index is 1070. The largest absolute Gasteiger partial charge is 0.348 e. The first kappa shape index (κ1) is 25.7.